The molecule has 0 saturated carbocycles. The summed E-state index contributed by atoms with van der Waals surface area (Å²) in [5, 5.41) is 7.82. The lowest BCUT2D eigenvalue weighted by Crippen LogP contribution is -2.52. The first-order valence-corrected chi connectivity index (χ1v) is 8.30. The summed E-state index contributed by atoms with van der Waals surface area (Å²) in [5.41, 5.74) is 6.33. The van der Waals surface area contributed by atoms with Gasteiger partial charge in [-0.1, -0.05) is 0 Å². The van der Waals surface area contributed by atoms with E-state index in [1.807, 2.05) is 0 Å². The lowest BCUT2D eigenvalue weighted by atomic mass is 10.0. The minimum Gasteiger partial charge on any atom is -0.383 e. The first-order chi connectivity index (χ1) is 12.5. The Labute approximate surface area is 150 Å². The zero-order valence-electron chi connectivity index (χ0n) is 14.2. The van der Waals surface area contributed by atoms with Crippen LogP contribution in [-0.2, 0) is 14.3 Å². The number of aldehydes is 1. The summed E-state index contributed by atoms with van der Waals surface area (Å²) in [7, 11) is 0. The van der Waals surface area contributed by atoms with Gasteiger partial charge in [0.2, 0.25) is 11.8 Å². The molecule has 0 bridgehead atoms. The highest BCUT2D eigenvalue weighted by molar-refractivity contribution is 6.06. The van der Waals surface area contributed by atoms with Gasteiger partial charge in [0, 0.05) is 30.8 Å². The second-order valence-corrected chi connectivity index (χ2v) is 5.72. The van der Waals surface area contributed by atoms with Crippen LogP contribution in [0.5, 0.6) is 0 Å². The van der Waals surface area contributed by atoms with E-state index in [-0.39, 0.29) is 29.9 Å². The third-order valence-electron chi connectivity index (χ3n) is 3.81. The van der Waals surface area contributed by atoms with Gasteiger partial charge in [-0.25, -0.2) is 0 Å². The molecule has 0 aliphatic carbocycles. The van der Waals surface area contributed by atoms with E-state index in [2.05, 4.69) is 16.0 Å². The van der Waals surface area contributed by atoms with Crippen LogP contribution in [0.3, 0.4) is 0 Å². The zero-order valence-corrected chi connectivity index (χ0v) is 14.2. The average Bonchev–Trinajstić information content (AvgIpc) is 2.63. The molecule has 1 aliphatic rings. The van der Waals surface area contributed by atoms with Crippen molar-refractivity contribution in [2.45, 2.75) is 18.9 Å². The van der Waals surface area contributed by atoms with Gasteiger partial charge in [0.05, 0.1) is 18.8 Å². The number of nitrogens with two attached hydrogens (primary N) is 1. The molecule has 0 spiro atoms. The molecule has 1 aliphatic heterocycles. The minimum atomic E-state index is -0.805. The van der Waals surface area contributed by atoms with Crippen LogP contribution in [0, 0.1) is 0 Å². The molecule has 9 heteroatoms. The molecular formula is C17H22N4O5. The summed E-state index contributed by atoms with van der Waals surface area (Å²) < 4.78 is 5.25. The van der Waals surface area contributed by atoms with Gasteiger partial charge in [0.1, 0.15) is 6.04 Å². The van der Waals surface area contributed by atoms with E-state index in [9.17, 15) is 19.2 Å². The van der Waals surface area contributed by atoms with E-state index in [0.29, 0.717) is 38.3 Å². The van der Waals surface area contributed by atoms with E-state index in [1.54, 1.807) is 6.07 Å². The Hall–Kier alpha value is -2.78. The maximum absolute atomic E-state index is 12.5. The molecule has 9 nitrogen and oxygen atoms in total. The molecular weight excluding hydrogens is 340 g/mol. The fourth-order valence-electron chi connectivity index (χ4n) is 2.49. The van der Waals surface area contributed by atoms with Crippen molar-refractivity contribution in [2.75, 3.05) is 31.6 Å². The Bertz CT molecular complexity index is 692. The van der Waals surface area contributed by atoms with Crippen molar-refractivity contribution in [3.63, 3.8) is 0 Å². The number of nitrogens with one attached hydrogen (secondary N) is 3. The van der Waals surface area contributed by atoms with E-state index in [1.165, 1.54) is 12.1 Å². The van der Waals surface area contributed by atoms with E-state index in [4.69, 9.17) is 10.5 Å². The van der Waals surface area contributed by atoms with Crippen LogP contribution in [-0.4, -0.2) is 56.4 Å². The molecule has 5 N–H and O–H groups in total. The molecule has 0 radical (unpaired) electrons. The van der Waals surface area contributed by atoms with Gasteiger partial charge in [0.25, 0.3) is 5.91 Å². The normalized spacial score (nSPS) is 16.7. The van der Waals surface area contributed by atoms with Gasteiger partial charge in [-0.2, -0.15) is 0 Å². The van der Waals surface area contributed by atoms with Crippen molar-refractivity contribution in [3.8, 4) is 0 Å². The van der Waals surface area contributed by atoms with E-state index < -0.39 is 17.9 Å². The van der Waals surface area contributed by atoms with Gasteiger partial charge in [-0.3, -0.25) is 24.5 Å². The maximum Gasteiger partial charge on any atom is 0.252 e. The van der Waals surface area contributed by atoms with Gasteiger partial charge in [0.15, 0.2) is 6.29 Å². The number of anilines is 1. The van der Waals surface area contributed by atoms with Crippen LogP contribution in [0.25, 0.3) is 0 Å². The predicted molar refractivity (Wildman–Crippen MR) is 93.8 cm³/mol. The van der Waals surface area contributed by atoms with Crippen LogP contribution in [0.1, 0.15) is 33.6 Å². The largest absolute Gasteiger partial charge is 0.383 e. The molecule has 0 aromatic heterocycles. The molecule has 1 aromatic carbocycles. The number of ether oxygens (including phenoxy) is 1. The summed E-state index contributed by atoms with van der Waals surface area (Å²) >= 11 is 0. The number of hydrogen-bond donors (Lipinski definition) is 4. The van der Waals surface area contributed by atoms with Gasteiger partial charge in [-0.05, 0) is 24.6 Å². The fraction of sp³-hybridized carbons (Fsp3) is 0.412. The first-order valence-electron chi connectivity index (χ1n) is 8.30. The number of amides is 3. The SMILES string of the molecule is NCCOCCNc1ccc(C=O)c(C(=O)NC2CCC(=O)NC2=O)c1. The van der Waals surface area contributed by atoms with Crippen LogP contribution in [0.15, 0.2) is 18.2 Å². The highest BCUT2D eigenvalue weighted by Crippen LogP contribution is 2.16. The highest BCUT2D eigenvalue weighted by atomic mass is 16.5. The average molecular weight is 362 g/mol. The van der Waals surface area contributed by atoms with Crippen molar-refractivity contribution < 1.29 is 23.9 Å². The Morgan fingerprint density at radius 2 is 2.15 bits per heavy atom. The second-order valence-electron chi connectivity index (χ2n) is 5.72. The molecule has 1 saturated heterocycles. The summed E-state index contributed by atoms with van der Waals surface area (Å²) in [6.07, 6.45) is 0.957. The number of carbonyl (C=O) groups excluding carboxylic acids is 4. The molecule has 1 unspecified atom stereocenters. The second kappa shape index (κ2) is 9.64. The van der Waals surface area contributed by atoms with E-state index >= 15 is 0 Å². The molecule has 1 atom stereocenters. The van der Waals surface area contributed by atoms with Gasteiger partial charge in [-0.15, -0.1) is 0 Å². The van der Waals surface area contributed by atoms with Crippen molar-refractivity contribution in [1.29, 1.82) is 0 Å². The monoisotopic (exact) mass is 362 g/mol. The number of piperidine rings is 1. The maximum atomic E-state index is 12.5. The van der Waals surface area contributed by atoms with Crippen LogP contribution < -0.4 is 21.7 Å². The topological polar surface area (TPSA) is 140 Å². The molecule has 2 rings (SSSR count). The standard InChI is InChI=1S/C17H22N4O5/c18-5-7-26-8-6-19-12-2-1-11(10-22)13(9-12)16(24)20-14-3-4-15(23)21-17(14)25/h1-2,9-10,14,19H,3-8,18H2,(H,20,24)(H,21,23,25). The van der Waals surface area contributed by atoms with Crippen molar-refractivity contribution >= 4 is 29.7 Å². The summed E-state index contributed by atoms with van der Waals surface area (Å²) in [6, 6.07) is 3.93. The van der Waals surface area contributed by atoms with Crippen molar-refractivity contribution in [3.05, 3.63) is 29.3 Å². The Morgan fingerprint density at radius 1 is 1.35 bits per heavy atom. The fourth-order valence-corrected chi connectivity index (χ4v) is 2.49. The third kappa shape index (κ3) is 5.36. The number of imide groups is 1. The quantitative estimate of drug-likeness (QED) is 0.262. The van der Waals surface area contributed by atoms with Crippen LogP contribution >= 0.6 is 0 Å². The molecule has 26 heavy (non-hydrogen) atoms. The highest BCUT2D eigenvalue weighted by Gasteiger charge is 2.28. The molecule has 1 heterocycles. The van der Waals surface area contributed by atoms with E-state index in [0.717, 1.165) is 0 Å². The summed E-state index contributed by atoms with van der Waals surface area (Å²) in [5.74, 6) is -1.46. The van der Waals surface area contributed by atoms with Crippen molar-refractivity contribution in [2.24, 2.45) is 5.73 Å². The molecule has 1 aromatic rings. The Kier molecular flexibility index (Phi) is 7.24. The molecule has 1 fully saturated rings. The van der Waals surface area contributed by atoms with Crippen LogP contribution in [0.4, 0.5) is 5.69 Å². The molecule has 140 valence electrons. The lowest BCUT2D eigenvalue weighted by Gasteiger charge is -2.22. The van der Waals surface area contributed by atoms with Crippen LogP contribution in [0.2, 0.25) is 0 Å². The lowest BCUT2D eigenvalue weighted by molar-refractivity contribution is -0.134. The smallest absolute Gasteiger partial charge is 0.252 e. The van der Waals surface area contributed by atoms with Crippen molar-refractivity contribution in [1.82, 2.24) is 10.6 Å². The van der Waals surface area contributed by atoms with Gasteiger partial charge < -0.3 is 21.1 Å². The molecule has 3 amide bonds. The zero-order chi connectivity index (χ0) is 18.9. The number of benzene rings is 1. The number of hydrogen-bond acceptors (Lipinski definition) is 7. The Balaban J connectivity index is 2.02. The minimum absolute atomic E-state index is 0.151. The first kappa shape index (κ1) is 19.5. The number of rotatable bonds is 9. The third-order valence-corrected chi connectivity index (χ3v) is 3.81. The predicted octanol–water partition coefficient (Wildman–Crippen LogP) is -0.579. The summed E-state index contributed by atoms with van der Waals surface area (Å²) in [4.78, 5) is 46.6. The number of carbonyl (C=O) groups is 4. The summed E-state index contributed by atoms with van der Waals surface area (Å²) in [6.45, 7) is 1.86. The Morgan fingerprint density at radius 3 is 2.85 bits per heavy atom. The van der Waals surface area contributed by atoms with Gasteiger partial charge >= 0.3 is 0 Å².